The standard InChI is InChI=1S/C14H17BrN2O3S/c1-21(18,19)10-9-20-8-7-16-13-5-6-17-14-11(13)3-2-4-12(14)15/h2-6H,7-10H2,1H3,(H,16,17). The molecule has 0 unspecified atom stereocenters. The Morgan fingerprint density at radius 3 is 2.86 bits per heavy atom. The van der Waals surface area contributed by atoms with Crippen LogP contribution < -0.4 is 5.32 Å². The van der Waals surface area contributed by atoms with E-state index in [0.29, 0.717) is 13.2 Å². The fourth-order valence-electron chi connectivity index (χ4n) is 1.86. The van der Waals surface area contributed by atoms with Crippen LogP contribution in [-0.4, -0.2) is 45.2 Å². The lowest BCUT2D eigenvalue weighted by atomic mass is 10.2. The molecule has 1 heterocycles. The quantitative estimate of drug-likeness (QED) is 0.756. The molecule has 0 amide bonds. The van der Waals surface area contributed by atoms with Crippen LogP contribution in [-0.2, 0) is 14.6 Å². The van der Waals surface area contributed by atoms with Crippen molar-refractivity contribution in [1.82, 2.24) is 4.98 Å². The minimum absolute atomic E-state index is 0.0537. The SMILES string of the molecule is CS(=O)(=O)CCOCCNc1ccnc2c(Br)cccc12. The van der Waals surface area contributed by atoms with Gasteiger partial charge in [-0.15, -0.1) is 0 Å². The lowest BCUT2D eigenvalue weighted by Gasteiger charge is -2.10. The molecule has 1 aromatic carbocycles. The summed E-state index contributed by atoms with van der Waals surface area (Å²) in [5.74, 6) is 0.0537. The highest BCUT2D eigenvalue weighted by atomic mass is 79.9. The van der Waals surface area contributed by atoms with Gasteiger partial charge in [0, 0.05) is 34.5 Å². The van der Waals surface area contributed by atoms with E-state index in [-0.39, 0.29) is 12.4 Å². The summed E-state index contributed by atoms with van der Waals surface area (Å²) < 4.78 is 28.2. The third-order valence-electron chi connectivity index (χ3n) is 2.88. The van der Waals surface area contributed by atoms with Gasteiger partial charge in [0.2, 0.25) is 0 Å². The van der Waals surface area contributed by atoms with Crippen molar-refractivity contribution in [3.63, 3.8) is 0 Å². The molecule has 0 fully saturated rings. The van der Waals surface area contributed by atoms with E-state index in [9.17, 15) is 8.42 Å². The molecule has 114 valence electrons. The number of sulfone groups is 1. The van der Waals surface area contributed by atoms with Crippen molar-refractivity contribution in [3.05, 3.63) is 34.9 Å². The number of nitrogens with zero attached hydrogens (tertiary/aromatic N) is 1. The van der Waals surface area contributed by atoms with E-state index in [2.05, 4.69) is 26.2 Å². The van der Waals surface area contributed by atoms with E-state index in [1.54, 1.807) is 6.20 Å². The molecule has 7 heteroatoms. The Balaban J connectivity index is 1.88. The maximum absolute atomic E-state index is 11.0. The topological polar surface area (TPSA) is 68.3 Å². The molecule has 5 nitrogen and oxygen atoms in total. The van der Waals surface area contributed by atoms with Gasteiger partial charge in [0.15, 0.2) is 0 Å². The Morgan fingerprint density at radius 2 is 2.10 bits per heavy atom. The van der Waals surface area contributed by atoms with Crippen molar-refractivity contribution < 1.29 is 13.2 Å². The third kappa shape index (κ3) is 4.94. The Morgan fingerprint density at radius 1 is 1.29 bits per heavy atom. The normalized spacial score (nSPS) is 11.7. The predicted octanol–water partition coefficient (Wildman–Crippen LogP) is 2.47. The van der Waals surface area contributed by atoms with Gasteiger partial charge < -0.3 is 10.1 Å². The fraction of sp³-hybridized carbons (Fsp3) is 0.357. The smallest absolute Gasteiger partial charge is 0.149 e. The number of aromatic nitrogens is 1. The van der Waals surface area contributed by atoms with Gasteiger partial charge in [-0.05, 0) is 28.1 Å². The van der Waals surface area contributed by atoms with E-state index < -0.39 is 9.84 Å². The molecule has 1 N–H and O–H groups in total. The number of rotatable bonds is 7. The lowest BCUT2D eigenvalue weighted by molar-refractivity contribution is 0.159. The summed E-state index contributed by atoms with van der Waals surface area (Å²) in [6.07, 6.45) is 2.95. The zero-order valence-corrected chi connectivity index (χ0v) is 14.1. The maximum Gasteiger partial charge on any atom is 0.149 e. The average Bonchev–Trinajstić information content (AvgIpc) is 2.42. The van der Waals surface area contributed by atoms with E-state index in [4.69, 9.17) is 4.74 Å². The Kier molecular flexibility index (Phi) is 5.55. The second-order valence-corrected chi connectivity index (χ2v) is 7.78. The monoisotopic (exact) mass is 372 g/mol. The number of halogens is 1. The predicted molar refractivity (Wildman–Crippen MR) is 88.5 cm³/mol. The van der Waals surface area contributed by atoms with Gasteiger partial charge in [0.25, 0.3) is 0 Å². The molecule has 2 aromatic rings. The minimum Gasteiger partial charge on any atom is -0.382 e. The first kappa shape index (κ1) is 16.2. The number of hydrogen-bond donors (Lipinski definition) is 1. The van der Waals surface area contributed by atoms with Crippen LogP contribution in [0.4, 0.5) is 5.69 Å². The number of hydrogen-bond acceptors (Lipinski definition) is 5. The molecule has 0 bridgehead atoms. The van der Waals surface area contributed by atoms with Crippen LogP contribution in [0.25, 0.3) is 10.9 Å². The summed E-state index contributed by atoms with van der Waals surface area (Å²) in [6, 6.07) is 7.82. The molecular formula is C14H17BrN2O3S. The van der Waals surface area contributed by atoms with Crippen molar-refractivity contribution in [2.24, 2.45) is 0 Å². The number of benzene rings is 1. The summed E-state index contributed by atoms with van der Waals surface area (Å²) in [5.41, 5.74) is 1.88. The number of anilines is 1. The van der Waals surface area contributed by atoms with Gasteiger partial charge in [0.1, 0.15) is 9.84 Å². The Labute approximate surface area is 132 Å². The first-order valence-corrected chi connectivity index (χ1v) is 9.35. The zero-order chi connectivity index (χ0) is 15.3. The number of nitrogens with one attached hydrogen (secondary N) is 1. The van der Waals surface area contributed by atoms with Crippen molar-refractivity contribution >= 4 is 42.4 Å². The highest BCUT2D eigenvalue weighted by Crippen LogP contribution is 2.26. The van der Waals surface area contributed by atoms with Crippen LogP contribution in [0.15, 0.2) is 34.9 Å². The van der Waals surface area contributed by atoms with Crippen LogP contribution in [0.5, 0.6) is 0 Å². The number of para-hydroxylation sites is 1. The van der Waals surface area contributed by atoms with Gasteiger partial charge >= 0.3 is 0 Å². The molecular weight excluding hydrogens is 356 g/mol. The summed E-state index contributed by atoms with van der Waals surface area (Å²) in [7, 11) is -2.96. The van der Waals surface area contributed by atoms with E-state index in [0.717, 1.165) is 21.1 Å². The maximum atomic E-state index is 11.0. The van der Waals surface area contributed by atoms with Gasteiger partial charge in [-0.2, -0.15) is 0 Å². The second-order valence-electron chi connectivity index (χ2n) is 4.66. The zero-order valence-electron chi connectivity index (χ0n) is 11.7. The van der Waals surface area contributed by atoms with Crippen LogP contribution in [0.1, 0.15) is 0 Å². The van der Waals surface area contributed by atoms with Crippen LogP contribution in [0.3, 0.4) is 0 Å². The fourth-order valence-corrected chi connectivity index (χ4v) is 2.75. The first-order chi connectivity index (χ1) is 9.97. The van der Waals surface area contributed by atoms with E-state index >= 15 is 0 Å². The third-order valence-corrected chi connectivity index (χ3v) is 4.43. The highest BCUT2D eigenvalue weighted by molar-refractivity contribution is 9.10. The van der Waals surface area contributed by atoms with Gasteiger partial charge in [-0.1, -0.05) is 12.1 Å². The van der Waals surface area contributed by atoms with Crippen molar-refractivity contribution in [2.75, 3.05) is 37.1 Å². The second kappa shape index (κ2) is 7.20. The summed E-state index contributed by atoms with van der Waals surface area (Å²) in [6.45, 7) is 1.28. The molecule has 0 saturated heterocycles. The van der Waals surface area contributed by atoms with Crippen molar-refractivity contribution in [2.45, 2.75) is 0 Å². The minimum atomic E-state index is -2.96. The highest BCUT2D eigenvalue weighted by Gasteiger charge is 2.04. The van der Waals surface area contributed by atoms with Gasteiger partial charge in [-0.3, -0.25) is 4.98 Å². The van der Waals surface area contributed by atoms with Crippen LogP contribution in [0, 0.1) is 0 Å². The Bertz CT molecular complexity index is 719. The molecule has 0 aliphatic heterocycles. The van der Waals surface area contributed by atoms with Crippen LogP contribution in [0.2, 0.25) is 0 Å². The number of pyridine rings is 1. The summed E-state index contributed by atoms with van der Waals surface area (Å²) in [4.78, 5) is 4.34. The molecule has 0 aliphatic rings. The summed E-state index contributed by atoms with van der Waals surface area (Å²) in [5, 5.41) is 4.31. The molecule has 2 rings (SSSR count). The summed E-state index contributed by atoms with van der Waals surface area (Å²) >= 11 is 3.48. The van der Waals surface area contributed by atoms with Crippen molar-refractivity contribution in [1.29, 1.82) is 0 Å². The van der Waals surface area contributed by atoms with E-state index in [1.165, 1.54) is 6.26 Å². The number of ether oxygens (including phenoxy) is 1. The molecule has 0 atom stereocenters. The average molecular weight is 373 g/mol. The number of fused-ring (bicyclic) bond motifs is 1. The van der Waals surface area contributed by atoms with Crippen molar-refractivity contribution in [3.8, 4) is 0 Å². The van der Waals surface area contributed by atoms with Gasteiger partial charge in [-0.25, -0.2) is 8.42 Å². The van der Waals surface area contributed by atoms with Gasteiger partial charge in [0.05, 0.1) is 24.5 Å². The van der Waals surface area contributed by atoms with Crippen LogP contribution >= 0.6 is 15.9 Å². The molecule has 0 spiro atoms. The molecule has 0 saturated carbocycles. The lowest BCUT2D eigenvalue weighted by Crippen LogP contribution is -2.15. The Hall–Kier alpha value is -1.18. The molecule has 0 aliphatic carbocycles. The molecule has 0 radical (unpaired) electrons. The largest absolute Gasteiger partial charge is 0.382 e. The molecule has 21 heavy (non-hydrogen) atoms. The molecule has 1 aromatic heterocycles. The van der Waals surface area contributed by atoms with E-state index in [1.807, 2.05) is 24.3 Å². The first-order valence-electron chi connectivity index (χ1n) is 6.50.